The van der Waals surface area contributed by atoms with E-state index in [4.69, 9.17) is 21.6 Å². The van der Waals surface area contributed by atoms with Crippen LogP contribution in [0.25, 0.3) is 16.8 Å². The number of benzene rings is 3. The van der Waals surface area contributed by atoms with Crippen molar-refractivity contribution in [2.24, 2.45) is 0 Å². The number of hydrogen-bond acceptors (Lipinski definition) is 5. The number of nitrogens with one attached hydrogen (secondary N) is 2. The van der Waals surface area contributed by atoms with E-state index in [1.165, 1.54) is 10.9 Å². The van der Waals surface area contributed by atoms with Crippen molar-refractivity contribution < 1.29 is 14.3 Å². The number of carbonyl (C=O) groups is 2. The van der Waals surface area contributed by atoms with Gasteiger partial charge in [-0.1, -0.05) is 78.3 Å². The monoisotopic (exact) mass is 525 g/mol. The highest BCUT2D eigenvalue weighted by atomic mass is 35.5. The fourth-order valence-electron chi connectivity index (χ4n) is 4.43. The summed E-state index contributed by atoms with van der Waals surface area (Å²) in [7, 11) is 0. The highest BCUT2D eigenvalue weighted by molar-refractivity contribution is 6.33. The smallest absolute Gasteiger partial charge is 0.413 e. The summed E-state index contributed by atoms with van der Waals surface area (Å²) < 4.78 is 7.04. The zero-order chi connectivity index (χ0) is 26.7. The Kier molecular flexibility index (Phi) is 6.86. The largest absolute Gasteiger partial charge is 0.441 e. The molecule has 0 spiro atoms. The van der Waals surface area contributed by atoms with Crippen LogP contribution < -0.4 is 10.6 Å². The van der Waals surface area contributed by atoms with Crippen LogP contribution in [-0.2, 0) is 14.9 Å². The van der Waals surface area contributed by atoms with Crippen molar-refractivity contribution in [1.29, 1.82) is 5.26 Å². The maximum absolute atomic E-state index is 12.6. The first-order valence-corrected chi connectivity index (χ1v) is 12.5. The molecule has 4 aromatic rings. The molecule has 1 aliphatic carbocycles. The lowest BCUT2D eigenvalue weighted by Gasteiger charge is -2.15. The van der Waals surface area contributed by atoms with E-state index in [0.717, 1.165) is 35.1 Å². The maximum Gasteiger partial charge on any atom is 0.413 e. The van der Waals surface area contributed by atoms with Gasteiger partial charge in [0.2, 0.25) is 5.91 Å². The highest BCUT2D eigenvalue weighted by Crippen LogP contribution is 2.48. The standard InChI is InChI=1S/C29H24ClN5O3/c1-19(20-5-3-2-4-6-20)38-28(37)34-26-25(30)17-33-35(26)24-13-9-22(10-14-24)21-7-11-23(12-8-21)29(15-16-29)27(36)32-18-31/h2-14,17,19H,15-16H2,1H3,(H,32,36)(H,34,37)/t19-/m1/s1. The van der Waals surface area contributed by atoms with E-state index in [1.807, 2.05) is 78.9 Å². The minimum Gasteiger partial charge on any atom is -0.441 e. The Hall–Kier alpha value is -4.61. The van der Waals surface area contributed by atoms with Crippen molar-refractivity contribution in [3.05, 3.63) is 101 Å². The Morgan fingerprint density at radius 1 is 1.03 bits per heavy atom. The number of aromatic nitrogens is 2. The maximum atomic E-state index is 12.6. The third-order valence-electron chi connectivity index (χ3n) is 6.73. The first kappa shape index (κ1) is 25.1. The molecule has 0 unspecified atom stereocenters. The first-order chi connectivity index (χ1) is 18.4. The predicted molar refractivity (Wildman–Crippen MR) is 144 cm³/mol. The van der Waals surface area contributed by atoms with Gasteiger partial charge in [0.05, 0.1) is 17.3 Å². The molecule has 0 bridgehead atoms. The summed E-state index contributed by atoms with van der Waals surface area (Å²) in [4.78, 5) is 24.9. The summed E-state index contributed by atoms with van der Waals surface area (Å²) in [6.45, 7) is 1.80. The number of nitriles is 1. The quantitative estimate of drug-likeness (QED) is 0.223. The molecule has 0 saturated heterocycles. The van der Waals surface area contributed by atoms with Crippen LogP contribution in [0.2, 0.25) is 5.02 Å². The van der Waals surface area contributed by atoms with Gasteiger partial charge >= 0.3 is 6.09 Å². The average molecular weight is 526 g/mol. The summed E-state index contributed by atoms with van der Waals surface area (Å²) in [5.41, 5.74) is 3.84. The molecule has 3 aromatic carbocycles. The van der Waals surface area contributed by atoms with Crippen molar-refractivity contribution in [3.63, 3.8) is 0 Å². The number of ether oxygens (including phenoxy) is 1. The molecule has 8 nitrogen and oxygen atoms in total. The fraction of sp³-hybridized carbons (Fsp3) is 0.172. The van der Waals surface area contributed by atoms with Crippen LogP contribution in [0.15, 0.2) is 85.1 Å². The minimum atomic E-state index is -0.640. The second kappa shape index (κ2) is 10.4. The third-order valence-corrected chi connectivity index (χ3v) is 7.01. The molecule has 0 aliphatic heterocycles. The fourth-order valence-corrected chi connectivity index (χ4v) is 4.61. The Balaban J connectivity index is 1.29. The van der Waals surface area contributed by atoms with E-state index in [9.17, 15) is 9.59 Å². The molecule has 2 N–H and O–H groups in total. The number of rotatable bonds is 7. The molecule has 1 fully saturated rings. The zero-order valence-corrected chi connectivity index (χ0v) is 21.3. The van der Waals surface area contributed by atoms with Gasteiger partial charge in [0.15, 0.2) is 12.0 Å². The first-order valence-electron chi connectivity index (χ1n) is 12.1. The molecule has 1 aliphatic rings. The van der Waals surface area contributed by atoms with E-state index in [-0.39, 0.29) is 10.9 Å². The van der Waals surface area contributed by atoms with Crippen molar-refractivity contribution >= 4 is 29.4 Å². The van der Waals surface area contributed by atoms with Crippen LogP contribution >= 0.6 is 11.6 Å². The molecule has 2 amide bonds. The number of halogens is 1. The van der Waals surface area contributed by atoms with Crippen molar-refractivity contribution in [2.75, 3.05) is 5.32 Å². The van der Waals surface area contributed by atoms with Crippen molar-refractivity contribution in [1.82, 2.24) is 15.1 Å². The Morgan fingerprint density at radius 2 is 1.66 bits per heavy atom. The van der Waals surface area contributed by atoms with Gasteiger partial charge in [-0.25, -0.2) is 9.48 Å². The normalized spacial score (nSPS) is 14.1. The van der Waals surface area contributed by atoms with Gasteiger partial charge < -0.3 is 4.74 Å². The summed E-state index contributed by atoms with van der Waals surface area (Å²) in [6.07, 6.45) is 3.57. The van der Waals surface area contributed by atoms with E-state index in [1.54, 1.807) is 13.1 Å². The lowest BCUT2D eigenvalue weighted by molar-refractivity contribution is -0.122. The van der Waals surface area contributed by atoms with Crippen LogP contribution in [-0.4, -0.2) is 21.8 Å². The molecular formula is C29H24ClN5O3. The molecule has 38 heavy (non-hydrogen) atoms. The molecule has 1 saturated carbocycles. The van der Waals surface area contributed by atoms with Crippen LogP contribution in [0.5, 0.6) is 0 Å². The Morgan fingerprint density at radius 3 is 2.26 bits per heavy atom. The van der Waals surface area contributed by atoms with Gasteiger partial charge in [0.25, 0.3) is 0 Å². The van der Waals surface area contributed by atoms with E-state index >= 15 is 0 Å². The van der Waals surface area contributed by atoms with Crippen LogP contribution in [0, 0.1) is 11.5 Å². The number of hydrogen-bond donors (Lipinski definition) is 2. The van der Waals surface area contributed by atoms with Crippen molar-refractivity contribution in [3.8, 4) is 23.0 Å². The van der Waals surface area contributed by atoms with Crippen LogP contribution in [0.4, 0.5) is 10.6 Å². The SMILES string of the molecule is C[C@@H](OC(=O)Nc1c(Cl)cnn1-c1ccc(-c2ccc(C3(C(=O)NC#N)CC3)cc2)cc1)c1ccccc1. The van der Waals surface area contributed by atoms with Crippen molar-refractivity contribution in [2.45, 2.75) is 31.3 Å². The molecule has 190 valence electrons. The van der Waals surface area contributed by atoms with Crippen LogP contribution in [0.1, 0.15) is 37.0 Å². The molecule has 9 heteroatoms. The number of amides is 2. The predicted octanol–water partition coefficient (Wildman–Crippen LogP) is 6.13. The minimum absolute atomic E-state index is 0.252. The number of carbonyl (C=O) groups excluding carboxylic acids is 2. The van der Waals surface area contributed by atoms with Gasteiger partial charge in [0.1, 0.15) is 11.1 Å². The molecule has 1 atom stereocenters. The van der Waals surface area contributed by atoms with Gasteiger partial charge in [-0.3, -0.25) is 15.4 Å². The molecule has 0 radical (unpaired) electrons. The van der Waals surface area contributed by atoms with Gasteiger partial charge in [-0.2, -0.15) is 10.4 Å². The van der Waals surface area contributed by atoms with Gasteiger partial charge in [-0.05, 0) is 54.2 Å². The number of anilines is 1. The summed E-state index contributed by atoms with van der Waals surface area (Å²) in [5.74, 6) is 0.0530. The lowest BCUT2D eigenvalue weighted by atomic mass is 9.93. The topological polar surface area (TPSA) is 109 Å². The highest BCUT2D eigenvalue weighted by Gasteiger charge is 2.51. The third kappa shape index (κ3) is 4.97. The molecule has 1 aromatic heterocycles. The Bertz CT molecular complexity index is 1500. The second-order valence-corrected chi connectivity index (χ2v) is 9.52. The van der Waals surface area contributed by atoms with Crippen LogP contribution in [0.3, 0.4) is 0 Å². The number of nitrogens with zero attached hydrogens (tertiary/aromatic N) is 3. The molecule has 5 rings (SSSR count). The Labute approximate surface area is 224 Å². The summed E-state index contributed by atoms with van der Waals surface area (Å²) >= 11 is 6.32. The average Bonchev–Trinajstić information content (AvgIpc) is 3.68. The lowest BCUT2D eigenvalue weighted by Crippen LogP contribution is -2.31. The second-order valence-electron chi connectivity index (χ2n) is 9.11. The van der Waals surface area contributed by atoms with E-state index < -0.39 is 17.6 Å². The zero-order valence-electron chi connectivity index (χ0n) is 20.5. The molecular weight excluding hydrogens is 502 g/mol. The summed E-state index contributed by atoms with van der Waals surface area (Å²) in [5, 5.41) is 18.3. The van der Waals surface area contributed by atoms with E-state index in [2.05, 4.69) is 15.7 Å². The van der Waals surface area contributed by atoms with E-state index in [0.29, 0.717) is 11.5 Å². The summed E-state index contributed by atoms with van der Waals surface area (Å²) in [6, 6.07) is 24.9. The van der Waals surface area contributed by atoms with Gasteiger partial charge in [0, 0.05) is 0 Å². The molecule has 1 heterocycles. The van der Waals surface area contributed by atoms with Gasteiger partial charge in [-0.15, -0.1) is 0 Å².